The molecule has 0 heterocycles. The molecule has 34 heavy (non-hydrogen) atoms. The Hall–Kier alpha value is -4.58. The van der Waals surface area contributed by atoms with Crippen LogP contribution >= 0.6 is 0 Å². The van der Waals surface area contributed by atoms with E-state index in [1.165, 1.54) is 24.3 Å². The molecule has 0 aliphatic heterocycles. The molecule has 0 unspecified atom stereocenters. The smallest absolute Gasteiger partial charge is 0.238 e. The van der Waals surface area contributed by atoms with Crippen molar-refractivity contribution in [2.24, 2.45) is 0 Å². The van der Waals surface area contributed by atoms with Crippen molar-refractivity contribution in [2.75, 3.05) is 0 Å². The summed E-state index contributed by atoms with van der Waals surface area (Å²) in [5, 5.41) is 20.7. The maximum Gasteiger partial charge on any atom is 0.238 e. The molecule has 0 aliphatic carbocycles. The summed E-state index contributed by atoms with van der Waals surface area (Å²) in [4.78, 5) is 25.1. The predicted molar refractivity (Wildman–Crippen MR) is 127 cm³/mol. The van der Waals surface area contributed by atoms with Gasteiger partial charge in [0, 0.05) is 30.2 Å². The third kappa shape index (κ3) is 5.07. The van der Waals surface area contributed by atoms with E-state index >= 15 is 0 Å². The highest BCUT2D eigenvalue weighted by molar-refractivity contribution is 6.11. The molecule has 4 rings (SSSR count). The number of ether oxygens (including phenoxy) is 2. The number of phenols is 2. The molecule has 4 aromatic carbocycles. The van der Waals surface area contributed by atoms with Crippen LogP contribution in [0.25, 0.3) is 0 Å². The molecule has 0 saturated heterocycles. The molecule has 0 atom stereocenters. The number of aromatic hydroxyl groups is 2. The Morgan fingerprint density at radius 1 is 0.618 bits per heavy atom. The van der Waals surface area contributed by atoms with Gasteiger partial charge in [0.05, 0.1) is 11.1 Å². The highest BCUT2D eigenvalue weighted by atomic mass is 16.7. The molecule has 170 valence electrons. The van der Waals surface area contributed by atoms with E-state index < -0.39 is 6.29 Å². The maximum absolute atomic E-state index is 12.6. The van der Waals surface area contributed by atoms with Crippen LogP contribution in [0.2, 0.25) is 0 Å². The van der Waals surface area contributed by atoms with Gasteiger partial charge in [-0.2, -0.15) is 0 Å². The van der Waals surface area contributed by atoms with Crippen LogP contribution in [0.3, 0.4) is 0 Å². The van der Waals surface area contributed by atoms with Gasteiger partial charge < -0.3 is 19.7 Å². The van der Waals surface area contributed by atoms with Crippen molar-refractivity contribution >= 4 is 11.6 Å². The minimum absolute atomic E-state index is 0.163. The van der Waals surface area contributed by atoms with Crippen molar-refractivity contribution in [3.8, 4) is 23.0 Å². The number of benzene rings is 4. The molecule has 0 amide bonds. The van der Waals surface area contributed by atoms with E-state index in [9.17, 15) is 19.8 Å². The highest BCUT2D eigenvalue weighted by Crippen LogP contribution is 2.29. The first-order valence-corrected chi connectivity index (χ1v) is 10.6. The number of hydrogen-bond acceptors (Lipinski definition) is 6. The van der Waals surface area contributed by atoms with E-state index in [1.54, 1.807) is 67.6 Å². The van der Waals surface area contributed by atoms with E-state index in [1.807, 2.05) is 12.1 Å². The van der Waals surface area contributed by atoms with E-state index in [-0.39, 0.29) is 34.2 Å². The second-order valence-electron chi connectivity index (χ2n) is 7.55. The van der Waals surface area contributed by atoms with Gasteiger partial charge in [-0.25, -0.2) is 0 Å². The zero-order valence-corrected chi connectivity index (χ0v) is 18.3. The standard InChI is InChI=1S/C28H22O6/c1-18(33-21-12-14-23(25(29)16-21)27(31)19-8-4-2-5-9-19)34-22-13-15-24(26(30)17-22)28(32)20-10-6-3-7-11-20/h2-18,29-30H,1H3. The molecule has 0 aromatic heterocycles. The van der Waals surface area contributed by atoms with Gasteiger partial charge in [0.25, 0.3) is 0 Å². The van der Waals surface area contributed by atoms with Crippen molar-refractivity contribution in [3.05, 3.63) is 119 Å². The third-order valence-corrected chi connectivity index (χ3v) is 5.10. The van der Waals surface area contributed by atoms with Gasteiger partial charge in [-0.05, 0) is 24.3 Å². The molecule has 0 saturated carbocycles. The largest absolute Gasteiger partial charge is 0.507 e. The van der Waals surface area contributed by atoms with Crippen LogP contribution in [0.4, 0.5) is 0 Å². The van der Waals surface area contributed by atoms with Crippen LogP contribution in [0, 0.1) is 0 Å². The molecular formula is C28H22O6. The lowest BCUT2D eigenvalue weighted by atomic mass is 10.0. The van der Waals surface area contributed by atoms with Gasteiger partial charge in [0.15, 0.2) is 11.6 Å². The summed E-state index contributed by atoms with van der Waals surface area (Å²) >= 11 is 0. The third-order valence-electron chi connectivity index (χ3n) is 5.10. The first-order chi connectivity index (χ1) is 16.4. The van der Waals surface area contributed by atoms with Crippen LogP contribution < -0.4 is 9.47 Å². The fourth-order valence-electron chi connectivity index (χ4n) is 3.45. The van der Waals surface area contributed by atoms with Gasteiger partial charge in [0.1, 0.15) is 23.0 Å². The summed E-state index contributed by atoms with van der Waals surface area (Å²) < 4.78 is 11.4. The van der Waals surface area contributed by atoms with Gasteiger partial charge in [-0.15, -0.1) is 0 Å². The molecular weight excluding hydrogens is 432 g/mol. The van der Waals surface area contributed by atoms with Gasteiger partial charge in [-0.3, -0.25) is 9.59 Å². The Bertz CT molecular complexity index is 1210. The summed E-state index contributed by atoms with van der Waals surface area (Å²) in [6.45, 7) is 1.64. The zero-order valence-electron chi connectivity index (χ0n) is 18.3. The molecule has 4 aromatic rings. The SMILES string of the molecule is CC(Oc1ccc(C(=O)c2ccccc2)c(O)c1)Oc1ccc(C(=O)c2ccccc2)c(O)c1. The summed E-state index contributed by atoms with van der Waals surface area (Å²) in [5.74, 6) is -0.409. The number of phenolic OH excluding ortho intramolecular Hbond substituents is 2. The van der Waals surface area contributed by atoms with Gasteiger partial charge in [-0.1, -0.05) is 60.7 Å². The predicted octanol–water partition coefficient (Wildman–Crippen LogP) is 5.36. The lowest BCUT2D eigenvalue weighted by Gasteiger charge is -2.18. The quantitative estimate of drug-likeness (QED) is 0.275. The average Bonchev–Trinajstić information content (AvgIpc) is 2.84. The first kappa shape index (κ1) is 22.6. The average molecular weight is 454 g/mol. The molecule has 0 fully saturated rings. The van der Waals surface area contributed by atoms with Crippen LogP contribution in [0.15, 0.2) is 97.1 Å². The first-order valence-electron chi connectivity index (χ1n) is 10.6. The Balaban J connectivity index is 1.42. The van der Waals surface area contributed by atoms with Crippen molar-refractivity contribution in [1.82, 2.24) is 0 Å². The number of carbonyl (C=O) groups is 2. The van der Waals surface area contributed by atoms with Crippen molar-refractivity contribution in [2.45, 2.75) is 13.2 Å². The number of carbonyl (C=O) groups excluding carboxylic acids is 2. The van der Waals surface area contributed by atoms with E-state index in [2.05, 4.69) is 0 Å². The minimum atomic E-state index is -0.787. The van der Waals surface area contributed by atoms with Crippen LogP contribution in [-0.4, -0.2) is 28.1 Å². The molecule has 0 bridgehead atoms. The van der Waals surface area contributed by atoms with E-state index in [4.69, 9.17) is 9.47 Å². The zero-order chi connectivity index (χ0) is 24.1. The highest BCUT2D eigenvalue weighted by Gasteiger charge is 2.17. The van der Waals surface area contributed by atoms with Gasteiger partial charge in [0.2, 0.25) is 6.29 Å². The minimum Gasteiger partial charge on any atom is -0.507 e. The van der Waals surface area contributed by atoms with Crippen LogP contribution in [-0.2, 0) is 0 Å². The fourth-order valence-corrected chi connectivity index (χ4v) is 3.45. The number of rotatable bonds is 8. The second kappa shape index (κ2) is 9.92. The Morgan fingerprint density at radius 3 is 1.35 bits per heavy atom. The molecule has 6 nitrogen and oxygen atoms in total. The monoisotopic (exact) mass is 454 g/mol. The summed E-state index contributed by atoms with van der Waals surface area (Å²) in [7, 11) is 0. The molecule has 0 spiro atoms. The van der Waals surface area contributed by atoms with Crippen molar-refractivity contribution in [1.29, 1.82) is 0 Å². The topological polar surface area (TPSA) is 93.1 Å². The fraction of sp³-hybridized carbons (Fsp3) is 0.0714. The Morgan fingerprint density at radius 2 is 1.00 bits per heavy atom. The number of ketones is 2. The lowest BCUT2D eigenvalue weighted by molar-refractivity contribution is 0.0220. The normalized spacial score (nSPS) is 10.6. The second-order valence-corrected chi connectivity index (χ2v) is 7.55. The summed E-state index contributed by atoms with van der Waals surface area (Å²) in [6, 6.07) is 26.1. The van der Waals surface area contributed by atoms with Crippen molar-refractivity contribution in [3.63, 3.8) is 0 Å². The van der Waals surface area contributed by atoms with Crippen LogP contribution in [0.1, 0.15) is 38.8 Å². The molecule has 0 aliphatic rings. The van der Waals surface area contributed by atoms with Crippen LogP contribution in [0.5, 0.6) is 23.0 Å². The van der Waals surface area contributed by atoms with Gasteiger partial charge >= 0.3 is 0 Å². The molecule has 6 heteroatoms. The van der Waals surface area contributed by atoms with E-state index in [0.717, 1.165) is 0 Å². The summed E-state index contributed by atoms with van der Waals surface area (Å²) in [5.41, 5.74) is 1.26. The summed E-state index contributed by atoms with van der Waals surface area (Å²) in [6.07, 6.45) is -0.787. The molecule has 2 N–H and O–H groups in total. The van der Waals surface area contributed by atoms with E-state index in [0.29, 0.717) is 22.6 Å². The maximum atomic E-state index is 12.6. The number of hydrogen-bond donors (Lipinski definition) is 2. The Labute approximate surface area is 196 Å². The van der Waals surface area contributed by atoms with Crippen molar-refractivity contribution < 1.29 is 29.3 Å². The Kier molecular flexibility index (Phi) is 6.59. The molecule has 0 radical (unpaired) electrons. The lowest BCUT2D eigenvalue weighted by Crippen LogP contribution is -2.19.